The van der Waals surface area contributed by atoms with E-state index in [1.165, 1.54) is 0 Å². The van der Waals surface area contributed by atoms with Crippen LogP contribution in [-0.4, -0.2) is 53.9 Å². The lowest BCUT2D eigenvalue weighted by Crippen LogP contribution is -2.40. The molecule has 8 aromatic rings. The quantitative estimate of drug-likeness (QED) is 0.0189. The van der Waals surface area contributed by atoms with Gasteiger partial charge in [-0.15, -0.1) is 0 Å². The van der Waals surface area contributed by atoms with Crippen LogP contribution in [-0.2, 0) is 59.6 Å². The van der Waals surface area contributed by atoms with Gasteiger partial charge in [0.2, 0.25) is 20.0 Å². The summed E-state index contributed by atoms with van der Waals surface area (Å²) >= 11 is 0. The maximum atomic E-state index is 13.2. The fraction of sp³-hybridized carbons (Fsp3) is 0.250. The minimum Gasteiger partial charge on any atom is -0.487 e. The van der Waals surface area contributed by atoms with Crippen molar-refractivity contribution in [3.63, 3.8) is 0 Å². The van der Waals surface area contributed by atoms with E-state index in [9.17, 15) is 27.0 Å². The molecule has 0 unspecified atom stereocenters. The standard InChI is InChI=1S/C32H37N5O4S.C32H34N4O4S/c1-21-30(41-20-22-12-14-23(15-13-22)31(33)34)28(25(19-38)17-35-21)18-36-26-9-7-8-24(16-26)27-10-5-6-11-29(27)42(39,40)37-32(2,3)4;1-22-31(40-21-23-13-15-26(33-5)16-14-23)29(25(20-37)18-34-22)19-35-27-10-8-9-24(17-27)28-11-6-7-12-30(28)41(38,39)36-32(2,3)4/h5-17,36-38H,18-20H2,1-4H3,(H3,33,34);6-18,35-37H,19-21H2,1-4H3. The molecule has 19 heteroatoms. The molecule has 0 amide bonds. The molecule has 0 aliphatic carbocycles. The number of pyridine rings is 2. The van der Waals surface area contributed by atoms with E-state index < -0.39 is 31.1 Å². The summed E-state index contributed by atoms with van der Waals surface area (Å²) in [6.07, 6.45) is 3.28. The number of nitrogen functional groups attached to an aromatic ring is 1. The van der Waals surface area contributed by atoms with Crippen LogP contribution in [0.25, 0.3) is 27.1 Å². The van der Waals surface area contributed by atoms with E-state index in [1.807, 2.05) is 120 Å². The summed E-state index contributed by atoms with van der Waals surface area (Å²) in [6.45, 7) is 22.5. The first-order valence-corrected chi connectivity index (χ1v) is 29.6. The van der Waals surface area contributed by atoms with Gasteiger partial charge in [0.05, 0.1) is 41.0 Å². The topological polar surface area (TPSA) is 255 Å². The number of amidine groups is 1. The molecule has 432 valence electrons. The van der Waals surface area contributed by atoms with Crippen molar-refractivity contribution in [2.24, 2.45) is 5.73 Å². The number of anilines is 2. The second kappa shape index (κ2) is 27.1. The Bertz CT molecular complexity index is 3860. The second-order valence-corrected chi connectivity index (χ2v) is 25.0. The van der Waals surface area contributed by atoms with E-state index in [1.54, 1.807) is 93.8 Å². The first-order chi connectivity index (χ1) is 39.4. The number of hydrogen-bond acceptors (Lipinski definition) is 13. The van der Waals surface area contributed by atoms with Gasteiger partial charge in [-0.25, -0.2) is 31.1 Å². The lowest BCUT2D eigenvalue weighted by atomic mass is 10.0. The molecule has 8 rings (SSSR count). The average molecular weight is 1160 g/mol. The molecule has 17 nitrogen and oxygen atoms in total. The predicted molar refractivity (Wildman–Crippen MR) is 327 cm³/mol. The molecule has 0 spiro atoms. The zero-order valence-electron chi connectivity index (χ0n) is 47.8. The highest BCUT2D eigenvalue weighted by Crippen LogP contribution is 2.34. The van der Waals surface area contributed by atoms with E-state index in [2.05, 4.69) is 34.9 Å². The summed E-state index contributed by atoms with van der Waals surface area (Å²) in [5, 5.41) is 34.5. The number of benzene rings is 6. The van der Waals surface area contributed by atoms with Gasteiger partial charge in [-0.05, 0) is 114 Å². The van der Waals surface area contributed by atoms with E-state index in [-0.39, 0.29) is 42.1 Å². The van der Waals surface area contributed by atoms with Crippen LogP contribution in [0, 0.1) is 25.8 Å². The number of nitrogens with two attached hydrogens (primary N) is 1. The molecule has 0 bridgehead atoms. The normalized spacial score (nSPS) is 11.7. The van der Waals surface area contributed by atoms with Crippen LogP contribution in [0.2, 0.25) is 0 Å². The van der Waals surface area contributed by atoms with Crippen molar-refractivity contribution in [3.8, 4) is 33.8 Å². The van der Waals surface area contributed by atoms with Crippen LogP contribution in [0.1, 0.15) is 91.9 Å². The molecule has 0 saturated heterocycles. The van der Waals surface area contributed by atoms with Gasteiger partial charge in [-0.1, -0.05) is 109 Å². The lowest BCUT2D eigenvalue weighted by Gasteiger charge is -2.22. The van der Waals surface area contributed by atoms with E-state index in [0.717, 1.165) is 44.8 Å². The van der Waals surface area contributed by atoms with Gasteiger partial charge >= 0.3 is 0 Å². The Balaban J connectivity index is 0.000000239. The van der Waals surface area contributed by atoms with Gasteiger partial charge in [0.25, 0.3) is 0 Å². The van der Waals surface area contributed by atoms with Crippen LogP contribution in [0.3, 0.4) is 0 Å². The van der Waals surface area contributed by atoms with Gasteiger partial charge in [-0.2, -0.15) is 0 Å². The summed E-state index contributed by atoms with van der Waals surface area (Å²) in [4.78, 5) is 12.6. The van der Waals surface area contributed by atoms with Gasteiger partial charge in [-0.3, -0.25) is 15.4 Å². The maximum Gasteiger partial charge on any atom is 0.241 e. The van der Waals surface area contributed by atoms with Crippen molar-refractivity contribution in [3.05, 3.63) is 220 Å². The molecule has 0 saturated carbocycles. The molecule has 0 fully saturated rings. The number of aliphatic hydroxyl groups excluding tert-OH is 2. The molecule has 0 atom stereocenters. The third-order valence-corrected chi connectivity index (χ3v) is 16.4. The van der Waals surface area contributed by atoms with Crippen LogP contribution < -0.4 is 35.3 Å². The number of nitrogens with one attached hydrogen (secondary N) is 5. The molecule has 0 aliphatic heterocycles. The summed E-state index contributed by atoms with van der Waals surface area (Å²) in [5.41, 5.74) is 15.7. The molecule has 2 aromatic heterocycles. The predicted octanol–water partition coefficient (Wildman–Crippen LogP) is 11.5. The van der Waals surface area contributed by atoms with Crippen LogP contribution in [0.4, 0.5) is 17.1 Å². The van der Waals surface area contributed by atoms with Crippen molar-refractivity contribution in [1.82, 2.24) is 19.4 Å². The molecule has 0 aliphatic rings. The van der Waals surface area contributed by atoms with Crippen molar-refractivity contribution in [1.29, 1.82) is 5.41 Å². The van der Waals surface area contributed by atoms with Crippen molar-refractivity contribution < 1.29 is 36.5 Å². The summed E-state index contributed by atoms with van der Waals surface area (Å²) in [5.74, 6) is 1.16. The monoisotopic (exact) mass is 1160 g/mol. The largest absolute Gasteiger partial charge is 0.487 e. The molecule has 6 aromatic carbocycles. The third kappa shape index (κ3) is 16.8. The smallest absolute Gasteiger partial charge is 0.241 e. The van der Waals surface area contributed by atoms with E-state index in [4.69, 9.17) is 27.2 Å². The highest BCUT2D eigenvalue weighted by atomic mass is 32.2. The number of ether oxygens (including phenoxy) is 2. The second-order valence-electron chi connectivity index (χ2n) is 21.7. The Morgan fingerprint density at radius 1 is 0.590 bits per heavy atom. The zero-order chi connectivity index (χ0) is 60.1. The van der Waals surface area contributed by atoms with Crippen LogP contribution in [0.15, 0.2) is 168 Å². The molecule has 0 radical (unpaired) electrons. The Kier molecular flexibility index (Phi) is 20.3. The zero-order valence-corrected chi connectivity index (χ0v) is 49.5. The van der Waals surface area contributed by atoms with Crippen molar-refractivity contribution in [2.75, 3.05) is 10.6 Å². The highest BCUT2D eigenvalue weighted by molar-refractivity contribution is 7.90. The molecular weight excluding hydrogens is 1090 g/mol. The minimum atomic E-state index is -3.76. The number of hydrogen-bond donors (Lipinski definition) is 8. The highest BCUT2D eigenvalue weighted by Gasteiger charge is 2.27. The van der Waals surface area contributed by atoms with Gasteiger partial charge in [0.15, 0.2) is 5.69 Å². The first-order valence-electron chi connectivity index (χ1n) is 26.6. The molecule has 2 heterocycles. The molecular formula is C64H71N9O8S2. The van der Waals surface area contributed by atoms with Crippen molar-refractivity contribution >= 4 is 42.9 Å². The third-order valence-electron chi connectivity index (χ3n) is 12.8. The maximum absolute atomic E-state index is 13.2. The fourth-order valence-corrected chi connectivity index (χ4v) is 12.2. The van der Waals surface area contributed by atoms with Gasteiger partial charge in [0, 0.05) is 86.9 Å². The number of aryl methyl sites for hydroxylation is 2. The Morgan fingerprint density at radius 2 is 0.988 bits per heavy atom. The number of nitrogens with zero attached hydrogens (tertiary/aromatic N) is 3. The van der Waals surface area contributed by atoms with Crippen LogP contribution in [0.5, 0.6) is 11.5 Å². The van der Waals surface area contributed by atoms with Gasteiger partial charge < -0.3 is 36.1 Å². The molecule has 83 heavy (non-hydrogen) atoms. The lowest BCUT2D eigenvalue weighted by molar-refractivity contribution is 0.273. The Labute approximate surface area is 487 Å². The van der Waals surface area contributed by atoms with E-state index in [0.29, 0.717) is 69.5 Å². The summed E-state index contributed by atoms with van der Waals surface area (Å²) in [6, 6.07) is 43.4. The first kappa shape index (κ1) is 62.1. The Morgan fingerprint density at radius 3 is 1.36 bits per heavy atom. The minimum absolute atomic E-state index is 0.00211. The SMILES string of the molecule is Cc1ncc(CO)c(CNc2cccc(-c3ccccc3S(=O)(=O)NC(C)(C)C)c2)c1OCc1ccc(C(=N)N)cc1.[C-]#[N+]c1ccc(COc2c(C)ncc(CO)c2CNc2cccc(-c3ccccc3S(=O)(=O)NC(C)(C)C)c2)cc1. The number of sulfonamides is 2. The number of rotatable bonds is 21. The summed E-state index contributed by atoms with van der Waals surface area (Å²) in [7, 11) is -7.51. The summed E-state index contributed by atoms with van der Waals surface area (Å²) < 4.78 is 70.6. The fourth-order valence-electron chi connectivity index (χ4n) is 8.92. The Hall–Kier alpha value is -8.48. The molecule has 9 N–H and O–H groups in total. The average Bonchev–Trinajstić information content (AvgIpc) is 3.41. The van der Waals surface area contributed by atoms with Crippen LogP contribution >= 0.6 is 0 Å². The van der Waals surface area contributed by atoms with Crippen molar-refractivity contribution in [2.45, 2.75) is 116 Å². The van der Waals surface area contributed by atoms with Gasteiger partial charge in [0.1, 0.15) is 30.5 Å². The number of aromatic nitrogens is 2. The number of aliphatic hydroxyl groups is 2. The van der Waals surface area contributed by atoms with E-state index >= 15 is 0 Å².